The van der Waals surface area contributed by atoms with Gasteiger partial charge in [-0.3, -0.25) is 9.59 Å². The molecule has 10 nitrogen and oxygen atoms in total. The Morgan fingerprint density at radius 1 is 1.26 bits per heavy atom. The molecule has 6 N–H and O–H groups in total. The first-order valence-corrected chi connectivity index (χ1v) is 13.2. The minimum absolute atomic E-state index is 0.125. The lowest BCUT2D eigenvalue weighted by molar-refractivity contribution is -0.111. The van der Waals surface area contributed by atoms with E-state index in [2.05, 4.69) is 15.6 Å². The standard InChI is InChI=1S/C24H29N5O5S/c1-12-3-8-19-18(9-12)21(24(32)29(19)35(25,33)34)17-7-6-16-20(13(2)28-22(16)17)23(31)27-11-15(30)10-26-14-4-5-14/h3,8-9,14-15,26,28,30H,4-7,10-11H2,1-2H3,(H,27,31)(H2,25,33,34)/b21-17-. The number of aryl methyl sites for hydroxylation is 2. The van der Waals surface area contributed by atoms with Crippen LogP contribution in [-0.4, -0.2) is 55.6 Å². The van der Waals surface area contributed by atoms with Crippen molar-refractivity contribution in [2.24, 2.45) is 5.14 Å². The number of hydrogen-bond donors (Lipinski definition) is 5. The van der Waals surface area contributed by atoms with Crippen LogP contribution in [0.5, 0.6) is 0 Å². The molecular formula is C24H29N5O5S. The smallest absolute Gasteiger partial charge is 0.305 e. The van der Waals surface area contributed by atoms with E-state index in [-0.39, 0.29) is 23.7 Å². The molecule has 2 amide bonds. The predicted octanol–water partition coefficient (Wildman–Crippen LogP) is 0.881. The second-order valence-corrected chi connectivity index (χ2v) is 10.9. The van der Waals surface area contributed by atoms with Crippen molar-refractivity contribution in [3.05, 3.63) is 51.8 Å². The Morgan fingerprint density at radius 2 is 2.00 bits per heavy atom. The Bertz CT molecular complexity index is 1370. The van der Waals surface area contributed by atoms with Crippen LogP contribution in [0.1, 0.15) is 57.7 Å². The van der Waals surface area contributed by atoms with E-state index in [9.17, 15) is 23.1 Å². The van der Waals surface area contributed by atoms with Crippen molar-refractivity contribution < 1.29 is 23.1 Å². The molecule has 1 unspecified atom stereocenters. The van der Waals surface area contributed by atoms with Crippen LogP contribution in [0.2, 0.25) is 0 Å². The number of fused-ring (bicyclic) bond motifs is 2. The number of carbonyl (C=O) groups excluding carboxylic acids is 2. The molecule has 1 fully saturated rings. The molecule has 35 heavy (non-hydrogen) atoms. The van der Waals surface area contributed by atoms with Gasteiger partial charge >= 0.3 is 10.2 Å². The molecule has 186 valence electrons. The number of carbonyl (C=O) groups is 2. The number of nitrogens with one attached hydrogen (secondary N) is 3. The number of H-pyrrole nitrogens is 1. The molecule has 0 radical (unpaired) electrons. The Labute approximate surface area is 203 Å². The zero-order valence-corrected chi connectivity index (χ0v) is 20.5. The first-order chi connectivity index (χ1) is 16.6. The predicted molar refractivity (Wildman–Crippen MR) is 132 cm³/mol. The average molecular weight is 500 g/mol. The monoisotopic (exact) mass is 499 g/mol. The van der Waals surface area contributed by atoms with E-state index in [0.717, 1.165) is 24.0 Å². The van der Waals surface area contributed by atoms with E-state index in [1.54, 1.807) is 25.1 Å². The summed E-state index contributed by atoms with van der Waals surface area (Å²) >= 11 is 0. The molecule has 0 bridgehead atoms. The fourth-order valence-electron chi connectivity index (χ4n) is 4.98. The number of benzene rings is 1. The maximum atomic E-state index is 13.3. The molecule has 3 aliphatic rings. The van der Waals surface area contributed by atoms with Gasteiger partial charge in [0, 0.05) is 36.1 Å². The van der Waals surface area contributed by atoms with Crippen molar-refractivity contribution in [1.82, 2.24) is 15.6 Å². The van der Waals surface area contributed by atoms with Crippen molar-refractivity contribution in [3.8, 4) is 0 Å². The second-order valence-electron chi connectivity index (χ2n) is 9.51. The van der Waals surface area contributed by atoms with E-state index in [4.69, 9.17) is 5.14 Å². The number of amides is 2. The van der Waals surface area contributed by atoms with Gasteiger partial charge < -0.3 is 20.7 Å². The number of aliphatic hydroxyl groups excluding tert-OH is 1. The van der Waals surface area contributed by atoms with Crippen molar-refractivity contribution in [2.75, 3.05) is 17.4 Å². The Balaban J connectivity index is 1.47. The molecule has 0 saturated heterocycles. The molecule has 2 aromatic rings. The summed E-state index contributed by atoms with van der Waals surface area (Å²) in [5.74, 6) is -0.989. The summed E-state index contributed by atoms with van der Waals surface area (Å²) in [7, 11) is -4.31. The molecule has 1 atom stereocenters. The third kappa shape index (κ3) is 4.29. The number of aromatic nitrogens is 1. The van der Waals surface area contributed by atoms with E-state index in [0.29, 0.717) is 57.8 Å². The highest BCUT2D eigenvalue weighted by Gasteiger charge is 2.42. The number of rotatable bonds is 7. The Morgan fingerprint density at radius 3 is 2.69 bits per heavy atom. The second kappa shape index (κ2) is 8.59. The first-order valence-electron chi connectivity index (χ1n) is 11.7. The van der Waals surface area contributed by atoms with Crippen molar-refractivity contribution in [2.45, 2.75) is 51.7 Å². The van der Waals surface area contributed by atoms with Gasteiger partial charge in [-0.25, -0.2) is 5.14 Å². The van der Waals surface area contributed by atoms with Gasteiger partial charge in [0.2, 0.25) is 0 Å². The molecular weight excluding hydrogens is 470 g/mol. The zero-order valence-electron chi connectivity index (χ0n) is 19.6. The first kappa shape index (κ1) is 23.7. The van der Waals surface area contributed by atoms with Crippen LogP contribution in [0, 0.1) is 13.8 Å². The van der Waals surface area contributed by atoms with Crippen LogP contribution >= 0.6 is 0 Å². The minimum Gasteiger partial charge on any atom is -0.390 e. The highest BCUT2D eigenvalue weighted by atomic mass is 32.2. The van der Waals surface area contributed by atoms with Crippen molar-refractivity contribution in [1.29, 1.82) is 0 Å². The van der Waals surface area contributed by atoms with Crippen molar-refractivity contribution >= 4 is 38.9 Å². The molecule has 1 aromatic heterocycles. The van der Waals surface area contributed by atoms with E-state index >= 15 is 0 Å². The number of aromatic amines is 1. The Hall–Kier alpha value is -2.99. The largest absolute Gasteiger partial charge is 0.390 e. The molecule has 2 aliphatic carbocycles. The number of anilines is 1. The maximum absolute atomic E-state index is 13.3. The number of hydrogen-bond acceptors (Lipinski definition) is 6. The van der Waals surface area contributed by atoms with Crippen LogP contribution in [0.25, 0.3) is 11.1 Å². The number of allylic oxidation sites excluding steroid dienone is 1. The normalized spacial score (nSPS) is 20.2. The third-order valence-corrected chi connectivity index (χ3v) is 7.63. The quantitative estimate of drug-likeness (QED) is 0.356. The molecule has 5 rings (SSSR count). The number of aliphatic hydroxyl groups is 1. The van der Waals surface area contributed by atoms with E-state index in [1.807, 2.05) is 6.92 Å². The lowest BCUT2D eigenvalue weighted by Crippen LogP contribution is -2.39. The van der Waals surface area contributed by atoms with Crippen LogP contribution in [0.4, 0.5) is 5.69 Å². The van der Waals surface area contributed by atoms with Crippen LogP contribution in [-0.2, 0) is 21.4 Å². The van der Waals surface area contributed by atoms with Gasteiger partial charge in [-0.05, 0) is 62.8 Å². The lowest BCUT2D eigenvalue weighted by atomic mass is 9.98. The number of nitrogens with zero attached hydrogens (tertiary/aromatic N) is 1. The highest BCUT2D eigenvalue weighted by molar-refractivity contribution is 7.91. The van der Waals surface area contributed by atoms with Gasteiger partial charge in [-0.15, -0.1) is 0 Å². The summed E-state index contributed by atoms with van der Waals surface area (Å²) < 4.78 is 25.1. The number of nitrogens with two attached hydrogens (primary N) is 1. The fourth-order valence-corrected chi connectivity index (χ4v) is 5.73. The molecule has 2 heterocycles. The van der Waals surface area contributed by atoms with E-state index < -0.39 is 22.2 Å². The van der Waals surface area contributed by atoms with Gasteiger partial charge in [0.1, 0.15) is 0 Å². The molecule has 11 heteroatoms. The summed E-state index contributed by atoms with van der Waals surface area (Å²) in [6.07, 6.45) is 2.55. The zero-order chi connectivity index (χ0) is 25.1. The van der Waals surface area contributed by atoms with Crippen LogP contribution < -0.4 is 20.1 Å². The third-order valence-electron chi connectivity index (χ3n) is 6.76. The van der Waals surface area contributed by atoms with Gasteiger partial charge in [-0.2, -0.15) is 12.7 Å². The summed E-state index contributed by atoms with van der Waals surface area (Å²) in [5.41, 5.74) is 5.15. The Kier molecular flexibility index (Phi) is 5.83. The highest BCUT2D eigenvalue weighted by Crippen LogP contribution is 2.46. The van der Waals surface area contributed by atoms with Gasteiger partial charge in [0.05, 0.1) is 22.9 Å². The molecule has 1 saturated carbocycles. The van der Waals surface area contributed by atoms with E-state index in [1.165, 1.54) is 0 Å². The fraction of sp³-hybridized carbons (Fsp3) is 0.417. The lowest BCUT2D eigenvalue weighted by Gasteiger charge is -2.13. The van der Waals surface area contributed by atoms with Crippen LogP contribution in [0.15, 0.2) is 18.2 Å². The van der Waals surface area contributed by atoms with Gasteiger partial charge in [0.25, 0.3) is 11.8 Å². The maximum Gasteiger partial charge on any atom is 0.305 e. The minimum atomic E-state index is -4.31. The van der Waals surface area contributed by atoms with Gasteiger partial charge in [-0.1, -0.05) is 11.6 Å². The van der Waals surface area contributed by atoms with Crippen molar-refractivity contribution in [3.63, 3.8) is 0 Å². The molecule has 1 aromatic carbocycles. The molecule has 1 aliphatic heterocycles. The topological polar surface area (TPSA) is 158 Å². The average Bonchev–Trinajstić information content (AvgIpc) is 3.35. The van der Waals surface area contributed by atoms with Gasteiger partial charge in [0.15, 0.2) is 0 Å². The SMILES string of the molecule is Cc1ccc2c(c1)/C(=C1\CCc3c1[nH]c(C)c3C(=O)NCC(O)CNC1CC1)C(=O)N2S(N)(=O)=O. The summed E-state index contributed by atoms with van der Waals surface area (Å²) in [6.45, 7) is 4.20. The molecule has 0 spiro atoms. The van der Waals surface area contributed by atoms with Crippen LogP contribution in [0.3, 0.4) is 0 Å². The summed E-state index contributed by atoms with van der Waals surface area (Å²) in [6, 6.07) is 5.56. The summed E-state index contributed by atoms with van der Waals surface area (Å²) in [5, 5.41) is 21.6. The summed E-state index contributed by atoms with van der Waals surface area (Å²) in [4.78, 5) is 29.6.